The normalized spacial score (nSPS) is 11.9. The first-order valence-electron chi connectivity index (χ1n) is 7.89. The Morgan fingerprint density at radius 2 is 1.81 bits per heavy atom. The van der Waals surface area contributed by atoms with Crippen molar-refractivity contribution in [1.82, 2.24) is 10.0 Å². The third kappa shape index (κ3) is 7.40. The van der Waals surface area contributed by atoms with Gasteiger partial charge in [-0.3, -0.25) is 0 Å². The minimum atomic E-state index is -3.31. The molecule has 6 heteroatoms. The highest BCUT2D eigenvalue weighted by atomic mass is 32.2. The number of unbranched alkanes of at least 4 members (excludes halogenated alkanes) is 3. The molecule has 1 rings (SSSR count). The van der Waals surface area contributed by atoms with Gasteiger partial charge in [0.25, 0.3) is 0 Å². The van der Waals surface area contributed by atoms with E-state index in [0.29, 0.717) is 10.8 Å². The third-order valence-electron chi connectivity index (χ3n) is 3.20. The van der Waals surface area contributed by atoms with Crippen LogP contribution in [0.1, 0.15) is 50.8 Å². The number of hydrogen-bond acceptors (Lipinski definition) is 4. The van der Waals surface area contributed by atoms with Crippen molar-refractivity contribution in [3.8, 4) is 0 Å². The van der Waals surface area contributed by atoms with Gasteiger partial charge in [-0.05, 0) is 44.5 Å². The fourth-order valence-electron chi connectivity index (χ4n) is 1.98. The van der Waals surface area contributed by atoms with Gasteiger partial charge in [0.05, 0.1) is 0 Å². The maximum atomic E-state index is 12.1. The second-order valence-corrected chi connectivity index (χ2v) is 8.34. The van der Waals surface area contributed by atoms with Crippen molar-refractivity contribution in [2.75, 3.05) is 19.6 Å². The molecule has 4 nitrogen and oxygen atoms in total. The number of sulfonamides is 1. The molecule has 0 saturated carbocycles. The molecule has 1 heterocycles. The molecule has 0 radical (unpaired) electrons. The highest BCUT2D eigenvalue weighted by Crippen LogP contribution is 2.21. The molecule has 0 aliphatic heterocycles. The second-order valence-electron chi connectivity index (χ2n) is 5.18. The van der Waals surface area contributed by atoms with E-state index in [1.165, 1.54) is 11.3 Å². The van der Waals surface area contributed by atoms with Gasteiger partial charge < -0.3 is 5.32 Å². The standard InChI is InChI=1S/C15H28N2O2S2/c1-3-5-6-7-12-17-21(18,19)15-9-8-14(20-15)10-13-16-11-4-2/h8-9,16-17H,3-7,10-13H2,1-2H3. The number of hydrogen-bond donors (Lipinski definition) is 2. The van der Waals surface area contributed by atoms with Gasteiger partial charge in [-0.1, -0.05) is 33.1 Å². The molecule has 0 saturated heterocycles. The van der Waals surface area contributed by atoms with E-state index in [4.69, 9.17) is 0 Å². The Kier molecular flexibility index (Phi) is 9.15. The fraction of sp³-hybridized carbons (Fsp3) is 0.733. The summed E-state index contributed by atoms with van der Waals surface area (Å²) in [4.78, 5) is 1.12. The maximum Gasteiger partial charge on any atom is 0.250 e. The summed E-state index contributed by atoms with van der Waals surface area (Å²) in [7, 11) is -3.31. The maximum absolute atomic E-state index is 12.1. The SMILES string of the molecule is CCCCCCNS(=O)(=O)c1ccc(CCNCCC)s1. The highest BCUT2D eigenvalue weighted by molar-refractivity contribution is 7.91. The van der Waals surface area contributed by atoms with Crippen LogP contribution in [0.4, 0.5) is 0 Å². The first-order valence-corrected chi connectivity index (χ1v) is 10.2. The number of thiophene rings is 1. The Balaban J connectivity index is 2.39. The molecular formula is C15H28N2O2S2. The summed E-state index contributed by atoms with van der Waals surface area (Å²) in [6.07, 6.45) is 6.31. The predicted octanol–water partition coefficient (Wildman–Crippen LogP) is 3.15. The predicted molar refractivity (Wildman–Crippen MR) is 90.5 cm³/mol. The van der Waals surface area contributed by atoms with E-state index in [2.05, 4.69) is 23.9 Å². The zero-order valence-corrected chi connectivity index (χ0v) is 14.8. The first-order chi connectivity index (χ1) is 10.1. The molecule has 0 aromatic carbocycles. The Labute approximate surface area is 133 Å². The van der Waals surface area contributed by atoms with Crippen molar-refractivity contribution in [3.63, 3.8) is 0 Å². The van der Waals surface area contributed by atoms with Crippen molar-refractivity contribution >= 4 is 21.4 Å². The van der Waals surface area contributed by atoms with Gasteiger partial charge >= 0.3 is 0 Å². The number of rotatable bonds is 12. The van der Waals surface area contributed by atoms with Gasteiger partial charge in [-0.15, -0.1) is 11.3 Å². The molecule has 0 bridgehead atoms. The Bertz CT molecular complexity index is 484. The van der Waals surface area contributed by atoms with Crippen LogP contribution in [0.15, 0.2) is 16.3 Å². The summed E-state index contributed by atoms with van der Waals surface area (Å²) in [6, 6.07) is 3.64. The van der Waals surface area contributed by atoms with Crippen molar-refractivity contribution < 1.29 is 8.42 Å². The van der Waals surface area contributed by atoms with Gasteiger partial charge in [0.2, 0.25) is 10.0 Å². The van der Waals surface area contributed by atoms with Crippen LogP contribution in [0, 0.1) is 0 Å². The van der Waals surface area contributed by atoms with Crippen LogP contribution in [0.5, 0.6) is 0 Å². The average molecular weight is 333 g/mol. The summed E-state index contributed by atoms with van der Waals surface area (Å²) in [6.45, 7) is 6.73. The van der Waals surface area contributed by atoms with E-state index >= 15 is 0 Å². The molecule has 0 spiro atoms. The van der Waals surface area contributed by atoms with Crippen LogP contribution in [0.25, 0.3) is 0 Å². The zero-order chi connectivity index (χ0) is 15.6. The lowest BCUT2D eigenvalue weighted by atomic mass is 10.2. The first kappa shape index (κ1) is 18.6. The Hall–Kier alpha value is -0.430. The molecule has 0 fully saturated rings. The molecule has 0 amide bonds. The van der Waals surface area contributed by atoms with E-state index in [9.17, 15) is 8.42 Å². The van der Waals surface area contributed by atoms with E-state index < -0.39 is 10.0 Å². The van der Waals surface area contributed by atoms with Gasteiger partial charge in [0.15, 0.2) is 0 Å². The monoisotopic (exact) mass is 332 g/mol. The van der Waals surface area contributed by atoms with E-state index in [0.717, 1.165) is 56.5 Å². The molecule has 21 heavy (non-hydrogen) atoms. The Morgan fingerprint density at radius 1 is 1.00 bits per heavy atom. The summed E-state index contributed by atoms with van der Waals surface area (Å²) in [5.41, 5.74) is 0. The van der Waals surface area contributed by atoms with E-state index in [1.54, 1.807) is 6.07 Å². The quantitative estimate of drug-likeness (QED) is 0.578. The molecule has 0 aliphatic rings. The van der Waals surface area contributed by atoms with E-state index in [1.807, 2.05) is 6.07 Å². The zero-order valence-electron chi connectivity index (χ0n) is 13.2. The van der Waals surface area contributed by atoms with Gasteiger partial charge in [0, 0.05) is 11.4 Å². The summed E-state index contributed by atoms with van der Waals surface area (Å²) < 4.78 is 27.4. The largest absolute Gasteiger partial charge is 0.316 e. The molecule has 0 aliphatic carbocycles. The molecule has 0 unspecified atom stereocenters. The van der Waals surface area contributed by atoms with Crippen LogP contribution in [0.2, 0.25) is 0 Å². The fourth-order valence-corrected chi connectivity index (χ4v) is 4.45. The molecule has 1 aromatic rings. The van der Waals surface area contributed by atoms with Crippen LogP contribution >= 0.6 is 11.3 Å². The van der Waals surface area contributed by atoms with Crippen molar-refractivity contribution in [3.05, 3.63) is 17.0 Å². The van der Waals surface area contributed by atoms with Crippen molar-refractivity contribution in [2.45, 2.75) is 56.6 Å². The van der Waals surface area contributed by atoms with Crippen molar-refractivity contribution in [2.24, 2.45) is 0 Å². The highest BCUT2D eigenvalue weighted by Gasteiger charge is 2.15. The topological polar surface area (TPSA) is 58.2 Å². The molecular weight excluding hydrogens is 304 g/mol. The van der Waals surface area contributed by atoms with Crippen LogP contribution in [-0.4, -0.2) is 28.1 Å². The second kappa shape index (κ2) is 10.3. The lowest BCUT2D eigenvalue weighted by Gasteiger charge is -2.04. The molecule has 1 aromatic heterocycles. The van der Waals surface area contributed by atoms with Gasteiger partial charge in [0.1, 0.15) is 4.21 Å². The summed E-state index contributed by atoms with van der Waals surface area (Å²) >= 11 is 1.38. The lowest BCUT2D eigenvalue weighted by Crippen LogP contribution is -2.23. The van der Waals surface area contributed by atoms with Crippen LogP contribution in [0.3, 0.4) is 0 Å². The molecule has 122 valence electrons. The average Bonchev–Trinajstić information content (AvgIpc) is 2.93. The molecule has 2 N–H and O–H groups in total. The Morgan fingerprint density at radius 3 is 2.52 bits per heavy atom. The summed E-state index contributed by atoms with van der Waals surface area (Å²) in [5.74, 6) is 0. The lowest BCUT2D eigenvalue weighted by molar-refractivity contribution is 0.575. The smallest absolute Gasteiger partial charge is 0.250 e. The minimum absolute atomic E-state index is 0.434. The van der Waals surface area contributed by atoms with E-state index in [-0.39, 0.29) is 0 Å². The van der Waals surface area contributed by atoms with Crippen LogP contribution in [-0.2, 0) is 16.4 Å². The third-order valence-corrected chi connectivity index (χ3v) is 6.30. The van der Waals surface area contributed by atoms with Gasteiger partial charge in [-0.25, -0.2) is 13.1 Å². The van der Waals surface area contributed by atoms with Gasteiger partial charge in [-0.2, -0.15) is 0 Å². The number of nitrogens with one attached hydrogen (secondary N) is 2. The minimum Gasteiger partial charge on any atom is -0.316 e. The van der Waals surface area contributed by atoms with Crippen molar-refractivity contribution in [1.29, 1.82) is 0 Å². The molecule has 0 atom stereocenters. The summed E-state index contributed by atoms with van der Waals surface area (Å²) in [5, 5.41) is 3.33. The van der Waals surface area contributed by atoms with Crippen LogP contribution < -0.4 is 10.0 Å².